The molecule has 104 valence electrons. The van der Waals surface area contributed by atoms with Crippen LogP contribution in [0.15, 0.2) is 4.52 Å². The van der Waals surface area contributed by atoms with Crippen molar-refractivity contribution >= 4 is 18.4 Å². The van der Waals surface area contributed by atoms with E-state index in [1.807, 2.05) is 20.8 Å². The molecule has 0 radical (unpaired) electrons. The van der Waals surface area contributed by atoms with Crippen LogP contribution in [0.2, 0.25) is 0 Å². The summed E-state index contributed by atoms with van der Waals surface area (Å²) in [6, 6.07) is 0. The van der Waals surface area contributed by atoms with Crippen LogP contribution in [0.5, 0.6) is 0 Å². The summed E-state index contributed by atoms with van der Waals surface area (Å²) < 4.78 is 5.09. The third-order valence-corrected chi connectivity index (χ3v) is 2.26. The average molecular weight is 278 g/mol. The maximum atomic E-state index is 10.7. The lowest BCUT2D eigenvalue weighted by Crippen LogP contribution is -2.30. The summed E-state index contributed by atoms with van der Waals surface area (Å²) in [6.07, 6.45) is 0.887. The lowest BCUT2D eigenvalue weighted by molar-refractivity contribution is -0.138. The first-order valence-electron chi connectivity index (χ1n) is 5.79. The molecule has 0 saturated carbocycles. The van der Waals surface area contributed by atoms with Gasteiger partial charge >= 0.3 is 5.97 Å². The summed E-state index contributed by atoms with van der Waals surface area (Å²) in [5.41, 5.74) is 0. The molecule has 0 bridgehead atoms. The van der Waals surface area contributed by atoms with Crippen molar-refractivity contribution in [3.05, 3.63) is 11.7 Å². The van der Waals surface area contributed by atoms with Gasteiger partial charge in [0.15, 0.2) is 5.82 Å². The Morgan fingerprint density at radius 3 is 2.61 bits per heavy atom. The van der Waals surface area contributed by atoms with Crippen LogP contribution in [0.25, 0.3) is 0 Å². The lowest BCUT2D eigenvalue weighted by atomic mass is 10.2. The van der Waals surface area contributed by atoms with Gasteiger partial charge in [-0.15, -0.1) is 12.4 Å². The molecular weight excluding hydrogens is 258 g/mol. The minimum absolute atomic E-state index is 0. The minimum atomic E-state index is -0.845. The number of nitrogens with zero attached hydrogens (tertiary/aromatic N) is 3. The Labute approximate surface area is 113 Å². The van der Waals surface area contributed by atoms with E-state index in [2.05, 4.69) is 10.1 Å². The van der Waals surface area contributed by atoms with Crippen molar-refractivity contribution in [1.82, 2.24) is 15.0 Å². The van der Waals surface area contributed by atoms with Gasteiger partial charge < -0.3 is 9.63 Å². The lowest BCUT2D eigenvalue weighted by Gasteiger charge is -2.16. The van der Waals surface area contributed by atoms with Crippen LogP contribution in [0.1, 0.15) is 44.8 Å². The van der Waals surface area contributed by atoms with Crippen LogP contribution < -0.4 is 0 Å². The van der Waals surface area contributed by atoms with Crippen LogP contribution >= 0.6 is 12.4 Å². The van der Waals surface area contributed by atoms with Gasteiger partial charge in [-0.05, 0) is 13.0 Å². The van der Waals surface area contributed by atoms with E-state index in [0.717, 1.165) is 6.42 Å². The first kappa shape index (κ1) is 16.9. The number of aliphatic carboxylic acids is 1. The molecule has 7 heteroatoms. The SMILES string of the molecule is CCCN(CC(=O)O)Cc1nc(C(C)C)no1.Cl. The normalized spacial score (nSPS) is 10.7. The zero-order valence-electron chi connectivity index (χ0n) is 10.9. The van der Waals surface area contributed by atoms with E-state index in [4.69, 9.17) is 9.63 Å². The summed E-state index contributed by atoms with van der Waals surface area (Å²) in [6.45, 7) is 7.05. The van der Waals surface area contributed by atoms with Gasteiger partial charge in [0.05, 0.1) is 13.1 Å². The number of rotatable bonds is 7. The van der Waals surface area contributed by atoms with E-state index in [-0.39, 0.29) is 24.9 Å². The molecule has 0 unspecified atom stereocenters. The molecule has 1 heterocycles. The molecule has 0 aliphatic rings. The zero-order chi connectivity index (χ0) is 12.8. The molecular formula is C11H20ClN3O3. The van der Waals surface area contributed by atoms with Crippen molar-refractivity contribution in [1.29, 1.82) is 0 Å². The Morgan fingerprint density at radius 1 is 1.50 bits per heavy atom. The van der Waals surface area contributed by atoms with Crippen LogP contribution in [0, 0.1) is 0 Å². The minimum Gasteiger partial charge on any atom is -0.480 e. The largest absolute Gasteiger partial charge is 0.480 e. The van der Waals surface area contributed by atoms with Gasteiger partial charge in [0, 0.05) is 5.92 Å². The van der Waals surface area contributed by atoms with Crippen molar-refractivity contribution in [3.63, 3.8) is 0 Å². The van der Waals surface area contributed by atoms with Gasteiger partial charge in [0.25, 0.3) is 0 Å². The number of carbonyl (C=O) groups is 1. The molecule has 1 rings (SSSR count). The molecule has 1 aromatic rings. The van der Waals surface area contributed by atoms with Crippen molar-refractivity contribution in [2.24, 2.45) is 0 Å². The molecule has 0 atom stereocenters. The molecule has 0 spiro atoms. The number of carboxylic acid groups (broad SMARTS) is 1. The maximum absolute atomic E-state index is 10.7. The van der Waals surface area contributed by atoms with Gasteiger partial charge in [0.1, 0.15) is 0 Å². The number of hydrogen-bond acceptors (Lipinski definition) is 5. The third kappa shape index (κ3) is 5.46. The molecule has 1 aromatic heterocycles. The smallest absolute Gasteiger partial charge is 0.317 e. The third-order valence-electron chi connectivity index (χ3n) is 2.26. The summed E-state index contributed by atoms with van der Waals surface area (Å²) in [4.78, 5) is 16.7. The Hall–Kier alpha value is -1.14. The van der Waals surface area contributed by atoms with Gasteiger partial charge in [0.2, 0.25) is 5.89 Å². The second-order valence-corrected chi connectivity index (χ2v) is 4.31. The fraction of sp³-hybridized carbons (Fsp3) is 0.727. The highest BCUT2D eigenvalue weighted by atomic mass is 35.5. The second kappa shape index (κ2) is 8.05. The summed E-state index contributed by atoms with van der Waals surface area (Å²) in [7, 11) is 0. The number of hydrogen-bond donors (Lipinski definition) is 1. The van der Waals surface area contributed by atoms with E-state index in [1.165, 1.54) is 0 Å². The van der Waals surface area contributed by atoms with Crippen molar-refractivity contribution in [2.75, 3.05) is 13.1 Å². The quantitative estimate of drug-likeness (QED) is 0.820. The zero-order valence-corrected chi connectivity index (χ0v) is 11.7. The Morgan fingerprint density at radius 2 is 2.17 bits per heavy atom. The molecule has 1 N–H and O–H groups in total. The van der Waals surface area contributed by atoms with Crippen LogP contribution in [0.4, 0.5) is 0 Å². The van der Waals surface area contributed by atoms with Crippen LogP contribution in [-0.4, -0.2) is 39.2 Å². The number of carboxylic acids is 1. The molecule has 0 aromatic carbocycles. The maximum Gasteiger partial charge on any atom is 0.317 e. The van der Waals surface area contributed by atoms with Gasteiger partial charge in [-0.2, -0.15) is 4.98 Å². The van der Waals surface area contributed by atoms with Gasteiger partial charge in [-0.25, -0.2) is 0 Å². The first-order valence-corrected chi connectivity index (χ1v) is 5.79. The monoisotopic (exact) mass is 277 g/mol. The molecule has 18 heavy (non-hydrogen) atoms. The molecule has 6 nitrogen and oxygen atoms in total. The predicted molar refractivity (Wildman–Crippen MR) is 68.8 cm³/mol. The first-order chi connectivity index (χ1) is 8.02. The van der Waals surface area contributed by atoms with Crippen molar-refractivity contribution in [3.8, 4) is 0 Å². The van der Waals surface area contributed by atoms with E-state index < -0.39 is 5.97 Å². The standard InChI is InChI=1S/C11H19N3O3.ClH/c1-4-5-14(7-10(15)16)6-9-12-11(8(2)3)13-17-9;/h8H,4-7H2,1-3H3,(H,15,16);1H. The van der Waals surface area contributed by atoms with E-state index in [0.29, 0.717) is 24.8 Å². The van der Waals surface area contributed by atoms with Crippen LogP contribution in [-0.2, 0) is 11.3 Å². The van der Waals surface area contributed by atoms with Crippen LogP contribution in [0.3, 0.4) is 0 Å². The Kier molecular flexibility index (Phi) is 7.54. The average Bonchev–Trinajstić information content (AvgIpc) is 2.65. The van der Waals surface area contributed by atoms with E-state index in [9.17, 15) is 4.79 Å². The summed E-state index contributed by atoms with van der Waals surface area (Å²) >= 11 is 0. The highest BCUT2D eigenvalue weighted by Crippen LogP contribution is 2.11. The topological polar surface area (TPSA) is 79.5 Å². The summed E-state index contributed by atoms with van der Waals surface area (Å²) in [5, 5.41) is 12.6. The fourth-order valence-corrected chi connectivity index (χ4v) is 1.48. The molecule has 0 saturated heterocycles. The number of aromatic nitrogens is 2. The number of halogens is 1. The summed E-state index contributed by atoms with van der Waals surface area (Å²) in [5.74, 6) is 0.504. The second-order valence-electron chi connectivity index (χ2n) is 4.31. The molecule has 0 fully saturated rings. The van der Waals surface area contributed by atoms with E-state index in [1.54, 1.807) is 4.90 Å². The molecule has 0 aliphatic carbocycles. The van der Waals surface area contributed by atoms with E-state index >= 15 is 0 Å². The van der Waals surface area contributed by atoms with Gasteiger partial charge in [-0.1, -0.05) is 25.9 Å². The van der Waals surface area contributed by atoms with Gasteiger partial charge in [-0.3, -0.25) is 9.69 Å². The fourth-order valence-electron chi connectivity index (χ4n) is 1.48. The van der Waals surface area contributed by atoms with Crippen molar-refractivity contribution in [2.45, 2.75) is 39.7 Å². The Balaban J connectivity index is 0.00000289. The van der Waals surface area contributed by atoms with Crippen molar-refractivity contribution < 1.29 is 14.4 Å². The molecule has 0 aliphatic heterocycles. The Bertz CT molecular complexity index is 368. The predicted octanol–water partition coefficient (Wildman–Crippen LogP) is 1.91. The highest BCUT2D eigenvalue weighted by molar-refractivity contribution is 5.85. The molecule has 0 amide bonds. The highest BCUT2D eigenvalue weighted by Gasteiger charge is 2.15.